The number of aliphatic hydroxyl groups excluding tert-OH is 1. The Labute approximate surface area is 159 Å². The molecule has 1 N–H and O–H groups in total. The Morgan fingerprint density at radius 3 is 2.81 bits per heavy atom. The van der Waals surface area contributed by atoms with E-state index >= 15 is 0 Å². The summed E-state index contributed by atoms with van der Waals surface area (Å²) >= 11 is 0. The molecule has 27 heavy (non-hydrogen) atoms. The van der Waals surface area contributed by atoms with Gasteiger partial charge in [-0.3, -0.25) is 14.5 Å². The fourth-order valence-electron chi connectivity index (χ4n) is 3.46. The Hall–Kier alpha value is -2.41. The highest BCUT2D eigenvalue weighted by molar-refractivity contribution is 5.72. The van der Waals surface area contributed by atoms with Gasteiger partial charge in [0.2, 0.25) is 0 Å². The molecule has 2 aromatic heterocycles. The Balaban J connectivity index is 1.63. The maximum absolute atomic E-state index is 12.2. The van der Waals surface area contributed by atoms with Crippen LogP contribution in [-0.2, 0) is 23.2 Å². The fraction of sp³-hybridized carbons (Fsp3) is 0.550. The van der Waals surface area contributed by atoms with Crippen molar-refractivity contribution < 1.29 is 19.4 Å². The predicted molar refractivity (Wildman–Crippen MR) is 100.0 cm³/mol. The smallest absolute Gasteiger partial charge is 0.309 e. The largest absolute Gasteiger partial charge is 0.489 e. The van der Waals surface area contributed by atoms with Gasteiger partial charge in [-0.05, 0) is 51.7 Å². The molecule has 2 unspecified atom stereocenters. The summed E-state index contributed by atoms with van der Waals surface area (Å²) in [6, 6.07) is 3.73. The van der Waals surface area contributed by atoms with E-state index in [1.165, 1.54) is 0 Å². The lowest BCUT2D eigenvalue weighted by atomic mass is 9.87. The van der Waals surface area contributed by atoms with Crippen molar-refractivity contribution in [1.29, 1.82) is 0 Å². The average molecular weight is 373 g/mol. The summed E-state index contributed by atoms with van der Waals surface area (Å²) in [4.78, 5) is 16.6. The molecule has 7 nitrogen and oxygen atoms in total. The second-order valence-corrected chi connectivity index (χ2v) is 7.25. The summed E-state index contributed by atoms with van der Waals surface area (Å²) in [5.74, 6) is 0.455. The van der Waals surface area contributed by atoms with E-state index in [4.69, 9.17) is 9.47 Å². The first-order chi connectivity index (χ1) is 13.0. The standard InChI is InChI=1S/C20H27N3O4/c1-13(2)26-20(25)14-5-4-6-15(9-14)27-16-7-8-18(21-10-16)17-11-22-23(3)19(17)12-24/h7-8,10-11,13-15,24H,4-6,9,12H2,1-3H3. The minimum Gasteiger partial charge on any atom is -0.489 e. The molecule has 0 aromatic carbocycles. The van der Waals surface area contributed by atoms with Gasteiger partial charge < -0.3 is 14.6 Å². The molecule has 2 atom stereocenters. The van der Waals surface area contributed by atoms with E-state index in [2.05, 4.69) is 10.1 Å². The van der Waals surface area contributed by atoms with Crippen molar-refractivity contribution >= 4 is 5.97 Å². The molecule has 2 heterocycles. The van der Waals surface area contributed by atoms with Crippen LogP contribution >= 0.6 is 0 Å². The highest BCUT2D eigenvalue weighted by atomic mass is 16.5. The van der Waals surface area contributed by atoms with Crippen molar-refractivity contribution in [3.63, 3.8) is 0 Å². The molecule has 1 aliphatic rings. The first-order valence-corrected chi connectivity index (χ1v) is 9.43. The monoisotopic (exact) mass is 373 g/mol. The van der Waals surface area contributed by atoms with Crippen LogP contribution in [0.15, 0.2) is 24.5 Å². The number of hydrogen-bond donors (Lipinski definition) is 1. The molecule has 0 bridgehead atoms. The zero-order valence-corrected chi connectivity index (χ0v) is 16.1. The van der Waals surface area contributed by atoms with E-state index in [0.29, 0.717) is 12.2 Å². The Morgan fingerprint density at radius 2 is 2.15 bits per heavy atom. The molecule has 0 amide bonds. The van der Waals surface area contributed by atoms with Gasteiger partial charge in [0.25, 0.3) is 0 Å². The molecule has 1 fully saturated rings. The van der Waals surface area contributed by atoms with Crippen LogP contribution in [-0.4, -0.2) is 38.0 Å². The molecule has 7 heteroatoms. The molecular weight excluding hydrogens is 346 g/mol. The lowest BCUT2D eigenvalue weighted by Crippen LogP contribution is -2.31. The van der Waals surface area contributed by atoms with E-state index in [-0.39, 0.29) is 30.7 Å². The van der Waals surface area contributed by atoms with E-state index < -0.39 is 0 Å². The molecule has 0 saturated heterocycles. The van der Waals surface area contributed by atoms with Crippen LogP contribution in [0.1, 0.15) is 45.2 Å². The van der Waals surface area contributed by atoms with E-state index in [1.807, 2.05) is 26.0 Å². The summed E-state index contributed by atoms with van der Waals surface area (Å²) in [6.07, 6.45) is 6.67. The zero-order valence-electron chi connectivity index (χ0n) is 16.1. The normalized spacial score (nSPS) is 19.9. The molecule has 1 saturated carbocycles. The lowest BCUT2D eigenvalue weighted by Gasteiger charge is -2.28. The molecule has 0 radical (unpaired) electrons. The Kier molecular flexibility index (Phi) is 6.11. The summed E-state index contributed by atoms with van der Waals surface area (Å²) in [6.45, 7) is 3.64. The van der Waals surface area contributed by atoms with E-state index in [9.17, 15) is 9.90 Å². The number of aryl methyl sites for hydroxylation is 1. The number of hydrogen-bond acceptors (Lipinski definition) is 6. The lowest BCUT2D eigenvalue weighted by molar-refractivity contribution is -0.154. The minimum atomic E-state index is -0.125. The highest BCUT2D eigenvalue weighted by Gasteiger charge is 2.30. The molecule has 1 aliphatic carbocycles. The second-order valence-electron chi connectivity index (χ2n) is 7.25. The molecule has 2 aromatic rings. The average Bonchev–Trinajstić information content (AvgIpc) is 3.02. The summed E-state index contributed by atoms with van der Waals surface area (Å²) < 4.78 is 13.0. The van der Waals surface area contributed by atoms with Crippen molar-refractivity contribution in [2.24, 2.45) is 13.0 Å². The number of rotatable bonds is 6. The van der Waals surface area contributed by atoms with Crippen LogP contribution in [0, 0.1) is 5.92 Å². The van der Waals surface area contributed by atoms with Gasteiger partial charge in [0.1, 0.15) is 5.75 Å². The van der Waals surface area contributed by atoms with Gasteiger partial charge in [-0.25, -0.2) is 0 Å². The third-order valence-corrected chi connectivity index (χ3v) is 4.84. The predicted octanol–water partition coefficient (Wildman–Crippen LogP) is 2.86. The van der Waals surface area contributed by atoms with Crippen LogP contribution in [0.2, 0.25) is 0 Å². The van der Waals surface area contributed by atoms with Crippen molar-refractivity contribution in [3.8, 4) is 17.0 Å². The SMILES string of the molecule is CC(C)OC(=O)C1CCCC(Oc2ccc(-c3cnn(C)c3CO)nc2)C1. The third kappa shape index (κ3) is 4.66. The van der Waals surface area contributed by atoms with Crippen molar-refractivity contribution in [3.05, 3.63) is 30.2 Å². The number of pyridine rings is 1. The fourth-order valence-corrected chi connectivity index (χ4v) is 3.46. The maximum atomic E-state index is 12.2. The van der Waals surface area contributed by atoms with Crippen molar-refractivity contribution in [2.75, 3.05) is 0 Å². The molecule has 0 aliphatic heterocycles. The summed E-state index contributed by atoms with van der Waals surface area (Å²) in [5, 5.41) is 13.7. The molecule has 0 spiro atoms. The van der Waals surface area contributed by atoms with Crippen LogP contribution in [0.3, 0.4) is 0 Å². The van der Waals surface area contributed by atoms with E-state index in [1.54, 1.807) is 24.1 Å². The van der Waals surface area contributed by atoms with Gasteiger partial charge in [-0.15, -0.1) is 0 Å². The number of carbonyl (C=O) groups is 1. The van der Waals surface area contributed by atoms with Crippen LogP contribution in [0.5, 0.6) is 5.75 Å². The maximum Gasteiger partial charge on any atom is 0.309 e. The molecule has 146 valence electrons. The summed E-state index contributed by atoms with van der Waals surface area (Å²) in [5.41, 5.74) is 2.26. The van der Waals surface area contributed by atoms with Crippen LogP contribution in [0.25, 0.3) is 11.3 Å². The van der Waals surface area contributed by atoms with Gasteiger partial charge in [-0.1, -0.05) is 0 Å². The highest BCUT2D eigenvalue weighted by Crippen LogP contribution is 2.30. The Bertz CT molecular complexity index is 770. The number of carbonyl (C=O) groups excluding carboxylic acids is 1. The number of esters is 1. The third-order valence-electron chi connectivity index (χ3n) is 4.84. The van der Waals surface area contributed by atoms with Gasteiger partial charge >= 0.3 is 5.97 Å². The minimum absolute atomic E-state index is 0.0116. The van der Waals surface area contributed by atoms with Gasteiger partial charge in [0.15, 0.2) is 0 Å². The number of aromatic nitrogens is 3. The van der Waals surface area contributed by atoms with Gasteiger partial charge in [0.05, 0.1) is 48.5 Å². The Morgan fingerprint density at radius 1 is 1.33 bits per heavy atom. The first kappa shape index (κ1) is 19.4. The number of aliphatic hydroxyl groups is 1. The number of nitrogens with zero attached hydrogens (tertiary/aromatic N) is 3. The summed E-state index contributed by atoms with van der Waals surface area (Å²) in [7, 11) is 1.79. The first-order valence-electron chi connectivity index (χ1n) is 9.43. The van der Waals surface area contributed by atoms with E-state index in [0.717, 1.165) is 36.2 Å². The zero-order chi connectivity index (χ0) is 19.4. The van der Waals surface area contributed by atoms with Gasteiger partial charge in [0, 0.05) is 12.6 Å². The number of ether oxygens (including phenoxy) is 2. The van der Waals surface area contributed by atoms with Gasteiger partial charge in [-0.2, -0.15) is 5.10 Å². The van der Waals surface area contributed by atoms with Crippen LogP contribution < -0.4 is 4.74 Å². The molecular formula is C20H27N3O4. The van der Waals surface area contributed by atoms with Crippen molar-refractivity contribution in [2.45, 2.75) is 58.3 Å². The quantitative estimate of drug-likeness (QED) is 0.784. The molecule has 3 rings (SSSR count). The van der Waals surface area contributed by atoms with Crippen LogP contribution in [0.4, 0.5) is 0 Å². The topological polar surface area (TPSA) is 86.5 Å². The van der Waals surface area contributed by atoms with Crippen molar-refractivity contribution in [1.82, 2.24) is 14.8 Å². The second kappa shape index (κ2) is 8.52.